The average molecular weight is 434 g/mol. The third-order valence-electron chi connectivity index (χ3n) is 4.75. The molecular formula is C16H31IN6. The molecule has 1 unspecified atom stereocenters. The fourth-order valence-corrected chi connectivity index (χ4v) is 3.35. The van der Waals surface area contributed by atoms with Crippen LogP contribution in [0.1, 0.15) is 45.9 Å². The number of aromatic nitrogens is 3. The first-order valence-electron chi connectivity index (χ1n) is 8.55. The predicted molar refractivity (Wildman–Crippen MR) is 105 cm³/mol. The highest BCUT2D eigenvalue weighted by Crippen LogP contribution is 2.28. The van der Waals surface area contributed by atoms with Crippen molar-refractivity contribution in [2.45, 2.75) is 46.6 Å². The van der Waals surface area contributed by atoms with E-state index in [0.29, 0.717) is 6.54 Å². The van der Waals surface area contributed by atoms with E-state index in [-0.39, 0.29) is 24.0 Å². The standard InChI is InChI=1S/C16H30N6.HI/c1-5-13(6-2)14-8-9-22(11-14)16(17-7-3)18-10-15-19-12-20-21(15)4;/h12-14H,5-11H2,1-4H3,(H,17,18);1H. The SMILES string of the molecule is CCNC(=NCc1ncnn1C)N1CCC(C(CC)CC)C1.I. The van der Waals surface area contributed by atoms with Gasteiger partial charge in [-0.1, -0.05) is 26.7 Å². The van der Waals surface area contributed by atoms with E-state index < -0.39 is 0 Å². The number of nitrogens with zero attached hydrogens (tertiary/aromatic N) is 5. The van der Waals surface area contributed by atoms with Crippen molar-refractivity contribution in [2.75, 3.05) is 19.6 Å². The predicted octanol–water partition coefficient (Wildman–Crippen LogP) is 2.66. The summed E-state index contributed by atoms with van der Waals surface area (Å²) in [6.45, 7) is 10.4. The normalized spacial score (nSPS) is 18.4. The molecule has 0 saturated carbocycles. The third-order valence-corrected chi connectivity index (χ3v) is 4.75. The molecule has 0 spiro atoms. The Kier molecular flexibility index (Phi) is 8.86. The molecule has 7 heteroatoms. The molecular weight excluding hydrogens is 403 g/mol. The summed E-state index contributed by atoms with van der Waals surface area (Å²) < 4.78 is 1.78. The molecule has 23 heavy (non-hydrogen) atoms. The first-order valence-corrected chi connectivity index (χ1v) is 8.55. The molecule has 6 nitrogen and oxygen atoms in total. The first-order chi connectivity index (χ1) is 10.7. The van der Waals surface area contributed by atoms with Crippen LogP contribution in [0.3, 0.4) is 0 Å². The van der Waals surface area contributed by atoms with Gasteiger partial charge in [0, 0.05) is 26.7 Å². The maximum atomic E-state index is 4.75. The van der Waals surface area contributed by atoms with Gasteiger partial charge in [0.05, 0.1) is 0 Å². The van der Waals surface area contributed by atoms with Crippen molar-refractivity contribution in [3.05, 3.63) is 12.2 Å². The highest BCUT2D eigenvalue weighted by molar-refractivity contribution is 14.0. The molecule has 1 aliphatic rings. The maximum absolute atomic E-state index is 4.75. The second kappa shape index (κ2) is 10.1. The van der Waals surface area contributed by atoms with Crippen LogP contribution in [0.5, 0.6) is 0 Å². The number of nitrogens with one attached hydrogen (secondary N) is 1. The summed E-state index contributed by atoms with van der Waals surface area (Å²) in [6, 6.07) is 0. The molecule has 2 rings (SSSR count). The van der Waals surface area contributed by atoms with Crippen molar-refractivity contribution in [3.63, 3.8) is 0 Å². The van der Waals surface area contributed by atoms with Crippen molar-refractivity contribution < 1.29 is 0 Å². The van der Waals surface area contributed by atoms with Crippen LogP contribution in [-0.4, -0.2) is 45.3 Å². The molecule has 1 aliphatic heterocycles. The molecule has 0 aliphatic carbocycles. The van der Waals surface area contributed by atoms with Gasteiger partial charge in [-0.25, -0.2) is 9.98 Å². The second-order valence-electron chi connectivity index (χ2n) is 6.04. The molecule has 1 saturated heterocycles. The zero-order valence-corrected chi connectivity index (χ0v) is 17.2. The van der Waals surface area contributed by atoms with Crippen molar-refractivity contribution in [1.82, 2.24) is 25.0 Å². The molecule has 0 bridgehead atoms. The Morgan fingerprint density at radius 2 is 2.13 bits per heavy atom. The van der Waals surface area contributed by atoms with E-state index in [1.807, 2.05) is 7.05 Å². The number of guanidine groups is 1. The van der Waals surface area contributed by atoms with Gasteiger partial charge >= 0.3 is 0 Å². The summed E-state index contributed by atoms with van der Waals surface area (Å²) in [5.41, 5.74) is 0. The van der Waals surface area contributed by atoms with E-state index in [2.05, 4.69) is 41.1 Å². The van der Waals surface area contributed by atoms with Gasteiger partial charge in [-0.2, -0.15) is 5.10 Å². The Morgan fingerprint density at radius 1 is 1.39 bits per heavy atom. The number of hydrogen-bond acceptors (Lipinski definition) is 3. The minimum absolute atomic E-state index is 0. The quantitative estimate of drug-likeness (QED) is 0.425. The van der Waals surface area contributed by atoms with Crippen molar-refractivity contribution in [1.29, 1.82) is 0 Å². The van der Waals surface area contributed by atoms with Gasteiger partial charge in [0.15, 0.2) is 5.96 Å². The summed E-state index contributed by atoms with van der Waals surface area (Å²) in [4.78, 5) is 11.4. The Balaban J connectivity index is 0.00000264. The van der Waals surface area contributed by atoms with Gasteiger partial charge < -0.3 is 10.2 Å². The van der Waals surface area contributed by atoms with Crippen LogP contribution in [-0.2, 0) is 13.6 Å². The summed E-state index contributed by atoms with van der Waals surface area (Å²) in [6.07, 6.45) is 5.42. The van der Waals surface area contributed by atoms with E-state index >= 15 is 0 Å². The van der Waals surface area contributed by atoms with E-state index in [4.69, 9.17) is 4.99 Å². The van der Waals surface area contributed by atoms with E-state index in [1.165, 1.54) is 19.3 Å². The Morgan fingerprint density at radius 3 is 2.70 bits per heavy atom. The smallest absolute Gasteiger partial charge is 0.194 e. The van der Waals surface area contributed by atoms with Crippen molar-refractivity contribution >= 4 is 29.9 Å². The summed E-state index contributed by atoms with van der Waals surface area (Å²) >= 11 is 0. The lowest BCUT2D eigenvalue weighted by molar-refractivity contribution is 0.319. The lowest BCUT2D eigenvalue weighted by Gasteiger charge is -2.24. The molecule has 0 aromatic carbocycles. The highest BCUT2D eigenvalue weighted by Gasteiger charge is 2.29. The van der Waals surface area contributed by atoms with Crippen LogP contribution in [0.4, 0.5) is 0 Å². The number of aryl methyl sites for hydroxylation is 1. The Bertz CT molecular complexity index is 483. The van der Waals surface area contributed by atoms with Gasteiger partial charge in [-0.15, -0.1) is 24.0 Å². The van der Waals surface area contributed by atoms with E-state index in [1.54, 1.807) is 11.0 Å². The number of likely N-dealkylation sites (tertiary alicyclic amines) is 1. The molecule has 1 atom stereocenters. The maximum Gasteiger partial charge on any atom is 0.194 e. The minimum atomic E-state index is 0. The number of halogens is 1. The minimum Gasteiger partial charge on any atom is -0.357 e. The van der Waals surface area contributed by atoms with Gasteiger partial charge in [0.1, 0.15) is 18.7 Å². The fraction of sp³-hybridized carbons (Fsp3) is 0.812. The van der Waals surface area contributed by atoms with Crippen LogP contribution in [0.15, 0.2) is 11.3 Å². The molecule has 0 radical (unpaired) electrons. The third kappa shape index (κ3) is 5.32. The lowest BCUT2D eigenvalue weighted by Crippen LogP contribution is -2.40. The van der Waals surface area contributed by atoms with Crippen LogP contribution in [0.25, 0.3) is 0 Å². The largest absolute Gasteiger partial charge is 0.357 e. The summed E-state index contributed by atoms with van der Waals surface area (Å²) in [5, 5.41) is 7.52. The molecule has 2 heterocycles. The fourth-order valence-electron chi connectivity index (χ4n) is 3.35. The lowest BCUT2D eigenvalue weighted by atomic mass is 9.87. The molecule has 1 aromatic rings. The number of rotatable bonds is 6. The van der Waals surface area contributed by atoms with E-state index in [9.17, 15) is 0 Å². The average Bonchev–Trinajstić information content (AvgIpc) is 3.15. The van der Waals surface area contributed by atoms with Crippen molar-refractivity contribution in [2.24, 2.45) is 23.9 Å². The van der Waals surface area contributed by atoms with Crippen LogP contribution in [0.2, 0.25) is 0 Å². The monoisotopic (exact) mass is 434 g/mol. The van der Waals surface area contributed by atoms with Crippen LogP contribution < -0.4 is 5.32 Å². The zero-order chi connectivity index (χ0) is 15.9. The number of aliphatic imine (C=N–C) groups is 1. The van der Waals surface area contributed by atoms with Crippen LogP contribution in [0, 0.1) is 11.8 Å². The molecule has 1 fully saturated rings. The summed E-state index contributed by atoms with van der Waals surface area (Å²) in [7, 11) is 1.91. The first kappa shape index (κ1) is 20.2. The second-order valence-corrected chi connectivity index (χ2v) is 6.04. The zero-order valence-electron chi connectivity index (χ0n) is 14.8. The molecule has 1 aromatic heterocycles. The van der Waals surface area contributed by atoms with Gasteiger partial charge in [0.2, 0.25) is 0 Å². The topological polar surface area (TPSA) is 58.3 Å². The Labute approximate surface area is 157 Å². The summed E-state index contributed by atoms with van der Waals surface area (Å²) in [5.74, 6) is 3.55. The van der Waals surface area contributed by atoms with Gasteiger partial charge in [-0.3, -0.25) is 4.68 Å². The van der Waals surface area contributed by atoms with Gasteiger partial charge in [-0.05, 0) is 25.2 Å². The molecule has 132 valence electrons. The highest BCUT2D eigenvalue weighted by atomic mass is 127. The van der Waals surface area contributed by atoms with Crippen molar-refractivity contribution in [3.8, 4) is 0 Å². The van der Waals surface area contributed by atoms with E-state index in [0.717, 1.165) is 43.3 Å². The van der Waals surface area contributed by atoms with Gasteiger partial charge in [0.25, 0.3) is 0 Å². The molecule has 1 N–H and O–H groups in total. The Hall–Kier alpha value is -0.860. The molecule has 0 amide bonds. The number of hydrogen-bond donors (Lipinski definition) is 1. The van der Waals surface area contributed by atoms with Crippen LogP contribution >= 0.6 is 24.0 Å².